The van der Waals surface area contributed by atoms with E-state index >= 15 is 0 Å². The standard InChI is InChI=1S/C27H29N3O4S/c1-20-10-15-25-24(18-20)30(35(32,33)23-8-4-2-5-9-23)19-26(34-25)27(31)28-21-11-13-22(14-12-21)29-16-6-3-7-17-29/h2,4-5,8-15,18,26H,3,6-7,16-17,19H2,1H3,(H,28,31)/t26-/m1/s1. The van der Waals surface area contributed by atoms with Crippen LogP contribution in [0.15, 0.2) is 77.7 Å². The first kappa shape index (κ1) is 23.2. The molecule has 3 aromatic rings. The Hall–Kier alpha value is -3.52. The number of nitrogens with one attached hydrogen (secondary N) is 1. The Balaban J connectivity index is 1.37. The van der Waals surface area contributed by atoms with Gasteiger partial charge in [-0.15, -0.1) is 0 Å². The molecule has 0 unspecified atom stereocenters. The summed E-state index contributed by atoms with van der Waals surface area (Å²) >= 11 is 0. The summed E-state index contributed by atoms with van der Waals surface area (Å²) in [4.78, 5) is 15.7. The molecule has 35 heavy (non-hydrogen) atoms. The number of amides is 1. The van der Waals surface area contributed by atoms with Gasteiger partial charge in [-0.2, -0.15) is 0 Å². The van der Waals surface area contributed by atoms with E-state index in [1.807, 2.05) is 37.3 Å². The zero-order valence-corrected chi connectivity index (χ0v) is 20.5. The van der Waals surface area contributed by atoms with Crippen molar-refractivity contribution in [2.75, 3.05) is 34.2 Å². The third kappa shape index (κ3) is 4.84. The first-order valence-electron chi connectivity index (χ1n) is 11.9. The quantitative estimate of drug-likeness (QED) is 0.565. The lowest BCUT2D eigenvalue weighted by Crippen LogP contribution is -2.48. The maximum atomic E-state index is 13.5. The molecular formula is C27H29N3O4S. The van der Waals surface area contributed by atoms with E-state index in [1.54, 1.807) is 42.5 Å². The highest BCUT2D eigenvalue weighted by Gasteiger charge is 2.37. The van der Waals surface area contributed by atoms with Gasteiger partial charge in [-0.05, 0) is 80.3 Å². The molecule has 1 amide bonds. The van der Waals surface area contributed by atoms with Gasteiger partial charge in [0.2, 0.25) is 0 Å². The monoisotopic (exact) mass is 491 g/mol. The van der Waals surface area contributed by atoms with E-state index in [0.29, 0.717) is 17.1 Å². The number of hydrogen-bond donors (Lipinski definition) is 1. The predicted molar refractivity (Wildman–Crippen MR) is 138 cm³/mol. The molecule has 1 atom stereocenters. The highest BCUT2D eigenvalue weighted by Crippen LogP contribution is 2.38. The van der Waals surface area contributed by atoms with Crippen LogP contribution in [0.2, 0.25) is 0 Å². The zero-order valence-electron chi connectivity index (χ0n) is 19.7. The number of nitrogens with zero attached hydrogens (tertiary/aromatic N) is 2. The number of rotatable bonds is 5. The second-order valence-corrected chi connectivity index (χ2v) is 10.9. The lowest BCUT2D eigenvalue weighted by atomic mass is 10.1. The van der Waals surface area contributed by atoms with E-state index in [0.717, 1.165) is 24.3 Å². The maximum absolute atomic E-state index is 13.5. The molecule has 5 rings (SSSR count). The number of benzene rings is 3. The topological polar surface area (TPSA) is 79.0 Å². The molecule has 8 heteroatoms. The van der Waals surface area contributed by atoms with Crippen LogP contribution in [-0.2, 0) is 14.8 Å². The number of anilines is 3. The second kappa shape index (κ2) is 9.62. The number of fused-ring (bicyclic) bond motifs is 1. The molecule has 0 saturated carbocycles. The normalized spacial score (nSPS) is 17.9. The lowest BCUT2D eigenvalue weighted by molar-refractivity contribution is -0.122. The van der Waals surface area contributed by atoms with Crippen molar-refractivity contribution in [3.8, 4) is 5.75 Å². The first-order chi connectivity index (χ1) is 16.9. The SMILES string of the molecule is Cc1ccc2c(c1)N(S(=O)(=O)c1ccccc1)C[C@H](C(=O)Nc1ccc(N3CCCCC3)cc1)O2. The van der Waals surface area contributed by atoms with Crippen LogP contribution >= 0.6 is 0 Å². The van der Waals surface area contributed by atoms with Gasteiger partial charge in [0.25, 0.3) is 15.9 Å². The molecule has 0 aliphatic carbocycles. The van der Waals surface area contributed by atoms with Crippen molar-refractivity contribution in [2.45, 2.75) is 37.2 Å². The van der Waals surface area contributed by atoms with Crippen molar-refractivity contribution >= 4 is 33.0 Å². The van der Waals surface area contributed by atoms with E-state index in [9.17, 15) is 13.2 Å². The fourth-order valence-electron chi connectivity index (χ4n) is 4.58. The molecule has 1 fully saturated rings. The van der Waals surface area contributed by atoms with Crippen molar-refractivity contribution in [2.24, 2.45) is 0 Å². The van der Waals surface area contributed by atoms with Crippen LogP contribution in [0.3, 0.4) is 0 Å². The highest BCUT2D eigenvalue weighted by atomic mass is 32.2. The van der Waals surface area contributed by atoms with Crippen LogP contribution in [-0.4, -0.2) is 40.1 Å². The fourth-order valence-corrected chi connectivity index (χ4v) is 6.06. The largest absolute Gasteiger partial charge is 0.476 e. The van der Waals surface area contributed by atoms with Crippen LogP contribution in [0.5, 0.6) is 5.75 Å². The van der Waals surface area contributed by atoms with Gasteiger partial charge in [-0.3, -0.25) is 9.10 Å². The van der Waals surface area contributed by atoms with E-state index in [4.69, 9.17) is 4.74 Å². The molecule has 2 aliphatic heterocycles. The maximum Gasteiger partial charge on any atom is 0.267 e. The number of aryl methyl sites for hydroxylation is 1. The molecule has 1 N–H and O–H groups in total. The van der Waals surface area contributed by atoms with Crippen LogP contribution in [0.25, 0.3) is 0 Å². The van der Waals surface area contributed by atoms with E-state index < -0.39 is 22.0 Å². The Kier molecular flexibility index (Phi) is 6.38. The molecule has 0 bridgehead atoms. The summed E-state index contributed by atoms with van der Waals surface area (Å²) in [7, 11) is -3.88. The van der Waals surface area contributed by atoms with E-state index in [1.165, 1.54) is 23.6 Å². The van der Waals surface area contributed by atoms with Crippen LogP contribution in [0, 0.1) is 6.92 Å². The van der Waals surface area contributed by atoms with Crippen molar-refractivity contribution < 1.29 is 17.9 Å². The minimum Gasteiger partial charge on any atom is -0.476 e. The van der Waals surface area contributed by atoms with Crippen molar-refractivity contribution in [3.05, 3.63) is 78.4 Å². The Morgan fingerprint density at radius 3 is 2.37 bits per heavy atom. The van der Waals surface area contributed by atoms with Crippen LogP contribution in [0.1, 0.15) is 24.8 Å². The summed E-state index contributed by atoms with van der Waals surface area (Å²) in [5, 5.41) is 2.89. The number of ether oxygens (including phenoxy) is 1. The van der Waals surface area contributed by atoms with Gasteiger partial charge >= 0.3 is 0 Å². The van der Waals surface area contributed by atoms with Gasteiger partial charge in [-0.1, -0.05) is 24.3 Å². The molecule has 0 aromatic heterocycles. The number of carbonyl (C=O) groups is 1. The smallest absolute Gasteiger partial charge is 0.267 e. The number of carbonyl (C=O) groups excluding carboxylic acids is 1. The fraction of sp³-hybridized carbons (Fsp3) is 0.296. The Bertz CT molecular complexity index is 1300. The van der Waals surface area contributed by atoms with E-state index in [2.05, 4.69) is 10.2 Å². The van der Waals surface area contributed by atoms with Crippen LogP contribution < -0.4 is 19.3 Å². The molecule has 1 saturated heterocycles. The van der Waals surface area contributed by atoms with Crippen molar-refractivity contribution in [1.82, 2.24) is 0 Å². The molecule has 0 spiro atoms. The number of piperidine rings is 1. The van der Waals surface area contributed by atoms with Gasteiger partial charge in [0.05, 0.1) is 17.1 Å². The molecule has 182 valence electrons. The lowest BCUT2D eigenvalue weighted by Gasteiger charge is -2.35. The molecule has 7 nitrogen and oxygen atoms in total. The first-order valence-corrected chi connectivity index (χ1v) is 13.4. The third-order valence-electron chi connectivity index (χ3n) is 6.46. The van der Waals surface area contributed by atoms with Crippen molar-refractivity contribution in [1.29, 1.82) is 0 Å². The highest BCUT2D eigenvalue weighted by molar-refractivity contribution is 7.92. The summed E-state index contributed by atoms with van der Waals surface area (Å²) in [5.41, 5.74) is 3.12. The minimum atomic E-state index is -3.88. The zero-order chi connectivity index (χ0) is 24.4. The number of sulfonamides is 1. The van der Waals surface area contributed by atoms with Crippen molar-refractivity contribution in [3.63, 3.8) is 0 Å². The van der Waals surface area contributed by atoms with Crippen LogP contribution in [0.4, 0.5) is 17.1 Å². The van der Waals surface area contributed by atoms with Gasteiger partial charge < -0.3 is 15.0 Å². The third-order valence-corrected chi connectivity index (χ3v) is 8.26. The molecular weight excluding hydrogens is 462 g/mol. The Morgan fingerprint density at radius 1 is 0.943 bits per heavy atom. The molecule has 0 radical (unpaired) electrons. The summed E-state index contributed by atoms with van der Waals surface area (Å²) in [6, 6.07) is 21.3. The Labute approximate surface area is 206 Å². The Morgan fingerprint density at radius 2 is 1.66 bits per heavy atom. The summed E-state index contributed by atoms with van der Waals surface area (Å²) in [5.74, 6) is -0.0304. The van der Waals surface area contributed by atoms with Gasteiger partial charge in [0.1, 0.15) is 5.75 Å². The van der Waals surface area contributed by atoms with Gasteiger partial charge in [0.15, 0.2) is 6.10 Å². The number of hydrogen-bond acceptors (Lipinski definition) is 5. The van der Waals surface area contributed by atoms with E-state index in [-0.39, 0.29) is 11.4 Å². The summed E-state index contributed by atoms with van der Waals surface area (Å²) < 4.78 is 34.3. The van der Waals surface area contributed by atoms with Gasteiger partial charge in [-0.25, -0.2) is 8.42 Å². The van der Waals surface area contributed by atoms with Gasteiger partial charge in [0, 0.05) is 24.5 Å². The molecule has 3 aromatic carbocycles. The second-order valence-electron chi connectivity index (χ2n) is 9.01. The summed E-state index contributed by atoms with van der Waals surface area (Å²) in [6.45, 7) is 3.86. The average Bonchev–Trinajstić information content (AvgIpc) is 2.89. The molecule has 2 heterocycles. The minimum absolute atomic E-state index is 0.120. The predicted octanol–water partition coefficient (Wildman–Crippen LogP) is 4.58. The average molecular weight is 492 g/mol. The summed E-state index contributed by atoms with van der Waals surface area (Å²) in [6.07, 6.45) is 2.67. The molecule has 2 aliphatic rings.